The lowest BCUT2D eigenvalue weighted by Gasteiger charge is -2.38. The van der Waals surface area contributed by atoms with Gasteiger partial charge in [-0.05, 0) is 44.1 Å². The van der Waals surface area contributed by atoms with Crippen LogP contribution in [0.5, 0.6) is 0 Å². The van der Waals surface area contributed by atoms with Gasteiger partial charge in [0.25, 0.3) is 5.91 Å². The van der Waals surface area contributed by atoms with Crippen LogP contribution in [0.4, 0.5) is 0 Å². The van der Waals surface area contributed by atoms with Crippen LogP contribution in [0.15, 0.2) is 24.5 Å². The van der Waals surface area contributed by atoms with E-state index in [0.717, 1.165) is 19.4 Å². The quantitative estimate of drug-likeness (QED) is 0.621. The number of aromatic nitrogens is 1. The van der Waals surface area contributed by atoms with Gasteiger partial charge in [-0.1, -0.05) is 20.8 Å². The second-order valence-corrected chi connectivity index (χ2v) is 7.81. The number of carbonyl (C=O) groups is 1. The number of hydrogen-bond acceptors (Lipinski definition) is 2. The predicted octanol–water partition coefficient (Wildman–Crippen LogP) is 3.00. The Kier molecular flexibility index (Phi) is 4.00. The molecular weight excluding hydrogens is 264 g/mol. The van der Waals surface area contributed by atoms with Gasteiger partial charge in [0, 0.05) is 18.2 Å². The first-order valence-corrected chi connectivity index (χ1v) is 7.62. The molecule has 116 valence electrons. The number of carbonyl (C=O) groups excluding carboxylic acids is 1. The molecule has 0 aliphatic carbocycles. The van der Waals surface area contributed by atoms with E-state index in [4.69, 9.17) is 0 Å². The second kappa shape index (κ2) is 5.32. The summed E-state index contributed by atoms with van der Waals surface area (Å²) >= 11 is 0. The van der Waals surface area contributed by atoms with Crippen molar-refractivity contribution >= 4 is 5.91 Å². The summed E-state index contributed by atoms with van der Waals surface area (Å²) in [6, 6.07) is 3.33. The van der Waals surface area contributed by atoms with Gasteiger partial charge in [-0.2, -0.15) is 4.73 Å². The van der Waals surface area contributed by atoms with Gasteiger partial charge in [0.15, 0.2) is 12.4 Å². The molecule has 1 aromatic rings. The van der Waals surface area contributed by atoms with E-state index in [0.29, 0.717) is 16.2 Å². The summed E-state index contributed by atoms with van der Waals surface area (Å²) in [6.45, 7) is 11.8. The van der Waals surface area contributed by atoms with Gasteiger partial charge >= 0.3 is 0 Å². The van der Waals surface area contributed by atoms with Crippen LogP contribution in [0, 0.1) is 16.5 Å². The molecule has 0 N–H and O–H groups in total. The van der Waals surface area contributed by atoms with Gasteiger partial charge in [0.2, 0.25) is 0 Å². The van der Waals surface area contributed by atoms with Crippen molar-refractivity contribution in [2.75, 3.05) is 6.54 Å². The highest BCUT2D eigenvalue weighted by molar-refractivity contribution is 5.94. The maximum absolute atomic E-state index is 12.7. The summed E-state index contributed by atoms with van der Waals surface area (Å²) in [4.78, 5) is 14.6. The summed E-state index contributed by atoms with van der Waals surface area (Å²) < 4.78 is 0.683. The van der Waals surface area contributed by atoms with E-state index in [9.17, 15) is 10.0 Å². The maximum atomic E-state index is 12.7. The number of hydrogen-bond donors (Lipinski definition) is 0. The Labute approximate surface area is 127 Å². The smallest absolute Gasteiger partial charge is 0.260 e. The fourth-order valence-electron chi connectivity index (χ4n) is 3.34. The van der Waals surface area contributed by atoms with Gasteiger partial charge in [-0.3, -0.25) is 4.79 Å². The number of nitrogens with zero attached hydrogens (tertiary/aromatic N) is 2. The van der Waals surface area contributed by atoms with Gasteiger partial charge < -0.3 is 10.1 Å². The Morgan fingerprint density at radius 2 is 2.14 bits per heavy atom. The summed E-state index contributed by atoms with van der Waals surface area (Å²) in [7, 11) is 0. The summed E-state index contributed by atoms with van der Waals surface area (Å²) in [5, 5.41) is 11.4. The molecule has 1 unspecified atom stereocenters. The average Bonchev–Trinajstić information content (AvgIpc) is 2.62. The van der Waals surface area contributed by atoms with Crippen molar-refractivity contribution in [3.8, 4) is 0 Å². The van der Waals surface area contributed by atoms with Crippen LogP contribution in [0.25, 0.3) is 0 Å². The molecule has 0 aromatic carbocycles. The van der Waals surface area contributed by atoms with Gasteiger partial charge in [-0.15, -0.1) is 0 Å². The predicted molar refractivity (Wildman–Crippen MR) is 82.7 cm³/mol. The topological polar surface area (TPSA) is 47.2 Å². The first-order valence-electron chi connectivity index (χ1n) is 7.62. The van der Waals surface area contributed by atoms with Crippen LogP contribution in [-0.2, 0) is 0 Å². The van der Waals surface area contributed by atoms with E-state index < -0.39 is 0 Å². The first kappa shape index (κ1) is 15.8. The molecular formula is C17H26N2O2. The lowest BCUT2D eigenvalue weighted by molar-refractivity contribution is -0.605. The lowest BCUT2D eigenvalue weighted by Crippen LogP contribution is -2.47. The maximum Gasteiger partial charge on any atom is 0.260 e. The third-order valence-electron chi connectivity index (χ3n) is 4.52. The molecule has 1 amide bonds. The van der Waals surface area contributed by atoms with Gasteiger partial charge in [-0.25, -0.2) is 0 Å². The van der Waals surface area contributed by atoms with Crippen molar-refractivity contribution in [2.45, 2.75) is 53.0 Å². The monoisotopic (exact) mass is 290 g/mol. The van der Waals surface area contributed by atoms with Crippen molar-refractivity contribution in [2.24, 2.45) is 11.3 Å². The molecule has 1 atom stereocenters. The van der Waals surface area contributed by atoms with Crippen molar-refractivity contribution in [3.05, 3.63) is 35.3 Å². The first-order chi connectivity index (χ1) is 9.61. The Hall–Kier alpha value is -1.58. The SMILES string of the molecule is CC(C)(C)CC1CCN(C(=O)c2ccc[n+]([O-])c2)C1(C)C. The third kappa shape index (κ3) is 3.36. The minimum absolute atomic E-state index is 0.0402. The molecule has 0 radical (unpaired) electrons. The van der Waals surface area contributed by atoms with Crippen LogP contribution < -0.4 is 4.73 Å². The number of amides is 1. The Morgan fingerprint density at radius 1 is 1.48 bits per heavy atom. The van der Waals surface area contributed by atoms with E-state index in [1.54, 1.807) is 12.1 Å². The summed E-state index contributed by atoms with van der Waals surface area (Å²) in [5.74, 6) is 0.450. The molecule has 21 heavy (non-hydrogen) atoms. The van der Waals surface area contributed by atoms with Crippen molar-refractivity contribution < 1.29 is 9.52 Å². The second-order valence-electron chi connectivity index (χ2n) is 7.81. The molecule has 1 saturated heterocycles. The van der Waals surface area contributed by atoms with E-state index in [1.807, 2.05) is 4.90 Å². The van der Waals surface area contributed by atoms with Crippen LogP contribution in [0.2, 0.25) is 0 Å². The fourth-order valence-corrected chi connectivity index (χ4v) is 3.34. The van der Waals surface area contributed by atoms with Gasteiger partial charge in [0.05, 0.1) is 0 Å². The lowest BCUT2D eigenvalue weighted by atomic mass is 9.76. The zero-order chi connectivity index (χ0) is 15.8. The number of likely N-dealkylation sites (tertiary alicyclic amines) is 1. The van der Waals surface area contributed by atoms with Crippen molar-refractivity contribution in [3.63, 3.8) is 0 Å². The largest absolute Gasteiger partial charge is 0.619 e. The third-order valence-corrected chi connectivity index (χ3v) is 4.52. The van der Waals surface area contributed by atoms with E-state index >= 15 is 0 Å². The van der Waals surface area contributed by atoms with Crippen molar-refractivity contribution in [1.82, 2.24) is 4.90 Å². The van der Waals surface area contributed by atoms with Crippen LogP contribution in [0.1, 0.15) is 57.8 Å². The molecule has 4 nitrogen and oxygen atoms in total. The molecule has 1 aromatic heterocycles. The van der Waals surface area contributed by atoms with E-state index in [2.05, 4.69) is 34.6 Å². The highest BCUT2D eigenvalue weighted by Crippen LogP contribution is 2.41. The highest BCUT2D eigenvalue weighted by atomic mass is 16.5. The molecule has 2 rings (SSSR count). The molecule has 0 spiro atoms. The molecule has 1 aliphatic heterocycles. The summed E-state index contributed by atoms with van der Waals surface area (Å²) in [6.07, 6.45) is 4.88. The standard InChI is InChI=1S/C17H26N2O2/c1-16(2,3)11-14-8-10-19(17(14,4)5)15(20)13-7-6-9-18(21)12-13/h6-7,9,12,14H,8,10-11H2,1-5H3. The highest BCUT2D eigenvalue weighted by Gasteiger charge is 2.45. The van der Waals surface area contributed by atoms with Gasteiger partial charge in [0.1, 0.15) is 5.56 Å². The van der Waals surface area contributed by atoms with Crippen LogP contribution in [-0.4, -0.2) is 22.9 Å². The molecule has 4 heteroatoms. The normalized spacial score (nSPS) is 21.6. The Morgan fingerprint density at radius 3 is 2.71 bits per heavy atom. The minimum Gasteiger partial charge on any atom is -0.619 e. The van der Waals surface area contributed by atoms with E-state index in [1.165, 1.54) is 12.4 Å². The molecule has 2 heterocycles. The van der Waals surface area contributed by atoms with Crippen LogP contribution >= 0.6 is 0 Å². The molecule has 1 fully saturated rings. The fraction of sp³-hybridized carbons (Fsp3) is 0.647. The zero-order valence-corrected chi connectivity index (χ0v) is 13.7. The zero-order valence-electron chi connectivity index (χ0n) is 13.7. The Bertz CT molecular complexity index is 532. The Balaban J connectivity index is 2.20. The molecule has 0 saturated carbocycles. The number of rotatable bonds is 2. The summed E-state index contributed by atoms with van der Waals surface area (Å²) in [5.41, 5.74) is 0.552. The van der Waals surface area contributed by atoms with Crippen molar-refractivity contribution in [1.29, 1.82) is 0 Å². The van der Waals surface area contributed by atoms with E-state index in [-0.39, 0.29) is 16.9 Å². The number of pyridine rings is 1. The minimum atomic E-state index is -0.173. The van der Waals surface area contributed by atoms with Crippen LogP contribution in [0.3, 0.4) is 0 Å². The molecule has 0 bridgehead atoms. The molecule has 1 aliphatic rings. The average molecular weight is 290 g/mol.